The molecule has 3 heterocycles. The van der Waals surface area contributed by atoms with Crippen molar-refractivity contribution in [1.29, 1.82) is 0 Å². The Morgan fingerprint density at radius 1 is 0.778 bits per heavy atom. The van der Waals surface area contributed by atoms with Gasteiger partial charge in [0.2, 0.25) is 0 Å². The minimum Gasteiger partial charge on any atom is -0.302 e. The van der Waals surface area contributed by atoms with E-state index >= 15 is 0 Å². The summed E-state index contributed by atoms with van der Waals surface area (Å²) in [6.45, 7) is 4.62. The number of rotatable bonds is 3. The van der Waals surface area contributed by atoms with Crippen LogP contribution >= 0.6 is 0 Å². The first-order chi connectivity index (χ1) is 13.3. The Balaban J connectivity index is 1.78. The lowest BCUT2D eigenvalue weighted by Crippen LogP contribution is -2.49. The molecular weight excluding hydrogens is 332 g/mol. The molecule has 3 atom stereocenters. The van der Waals surface area contributed by atoms with Gasteiger partial charge in [-0.15, -0.1) is 0 Å². The lowest BCUT2D eigenvalue weighted by atomic mass is 9.76. The van der Waals surface area contributed by atoms with Crippen LogP contribution in [0.4, 0.5) is 23.0 Å². The lowest BCUT2D eigenvalue weighted by Gasteiger charge is -2.46. The van der Waals surface area contributed by atoms with Crippen molar-refractivity contribution in [3.05, 3.63) is 72.6 Å². The van der Waals surface area contributed by atoms with Crippen LogP contribution in [0.15, 0.2) is 67.0 Å². The fourth-order valence-corrected chi connectivity index (χ4v) is 5.01. The molecule has 136 valence electrons. The van der Waals surface area contributed by atoms with E-state index in [-0.39, 0.29) is 6.17 Å². The van der Waals surface area contributed by atoms with Crippen LogP contribution in [0, 0.1) is 5.92 Å². The summed E-state index contributed by atoms with van der Waals surface area (Å²) in [5.41, 5.74) is 3.90. The van der Waals surface area contributed by atoms with E-state index in [0.29, 0.717) is 11.8 Å². The fraction of sp³-hybridized carbons (Fsp3) is 0.304. The first-order valence-corrected chi connectivity index (χ1v) is 9.88. The molecule has 4 nitrogen and oxygen atoms in total. The molecular formula is C23H24N4. The van der Waals surface area contributed by atoms with Crippen LogP contribution in [0.1, 0.15) is 38.2 Å². The monoisotopic (exact) mass is 356 g/mol. The van der Waals surface area contributed by atoms with Gasteiger partial charge in [-0.1, -0.05) is 50.2 Å². The Labute approximate surface area is 160 Å². The van der Waals surface area contributed by atoms with Crippen LogP contribution in [0.3, 0.4) is 0 Å². The molecule has 3 unspecified atom stereocenters. The second-order valence-corrected chi connectivity index (χ2v) is 7.34. The van der Waals surface area contributed by atoms with E-state index in [2.05, 4.69) is 78.2 Å². The highest BCUT2D eigenvalue weighted by Gasteiger charge is 2.49. The zero-order chi connectivity index (χ0) is 18.4. The van der Waals surface area contributed by atoms with E-state index in [0.717, 1.165) is 24.5 Å². The average molecular weight is 356 g/mol. The molecule has 2 aliphatic heterocycles. The van der Waals surface area contributed by atoms with Crippen molar-refractivity contribution < 1.29 is 0 Å². The molecule has 0 bridgehead atoms. The van der Waals surface area contributed by atoms with Crippen molar-refractivity contribution in [1.82, 2.24) is 9.97 Å². The van der Waals surface area contributed by atoms with Gasteiger partial charge in [-0.25, -0.2) is 9.97 Å². The molecule has 3 aromatic rings. The van der Waals surface area contributed by atoms with Crippen molar-refractivity contribution in [3.63, 3.8) is 0 Å². The van der Waals surface area contributed by atoms with Crippen LogP contribution < -0.4 is 9.80 Å². The number of hydrogen-bond acceptors (Lipinski definition) is 4. The molecule has 4 heteroatoms. The van der Waals surface area contributed by atoms with Gasteiger partial charge in [0.1, 0.15) is 6.17 Å². The molecule has 0 N–H and O–H groups in total. The summed E-state index contributed by atoms with van der Waals surface area (Å²) in [6.07, 6.45) is 6.07. The van der Waals surface area contributed by atoms with Crippen molar-refractivity contribution in [3.8, 4) is 0 Å². The van der Waals surface area contributed by atoms with Gasteiger partial charge in [-0.3, -0.25) is 0 Å². The maximum Gasteiger partial charge on any atom is 0.178 e. The maximum absolute atomic E-state index is 4.76. The van der Waals surface area contributed by atoms with Crippen molar-refractivity contribution in [2.45, 2.75) is 38.8 Å². The Kier molecular flexibility index (Phi) is 3.85. The van der Waals surface area contributed by atoms with Crippen LogP contribution in [-0.2, 0) is 0 Å². The molecule has 2 aromatic carbocycles. The number of benzene rings is 2. The highest BCUT2D eigenvalue weighted by atomic mass is 15.5. The second-order valence-electron chi connectivity index (χ2n) is 7.34. The topological polar surface area (TPSA) is 32.3 Å². The SMILES string of the molecule is CCC1c2ccccc2N2c3nccnc3N(c3ccccc3)C2C1CC. The highest BCUT2D eigenvalue weighted by Crippen LogP contribution is 2.55. The van der Waals surface area contributed by atoms with E-state index in [1.807, 2.05) is 0 Å². The molecule has 0 spiro atoms. The minimum atomic E-state index is 0.203. The summed E-state index contributed by atoms with van der Waals surface area (Å²) in [6, 6.07) is 19.5. The molecule has 5 rings (SSSR count). The fourth-order valence-electron chi connectivity index (χ4n) is 5.01. The first kappa shape index (κ1) is 16.3. The number of nitrogens with zero attached hydrogens (tertiary/aromatic N) is 4. The standard InChI is InChI=1S/C23H24N4/c1-3-17-18(4-2)23-26(16-10-6-5-7-11-16)21-22(25-15-14-24-21)27(23)20-13-9-8-12-19(17)20/h5-15,17-18,23H,3-4H2,1-2H3. The Bertz CT molecular complexity index is 955. The van der Waals surface area contributed by atoms with Gasteiger partial charge in [-0.2, -0.15) is 0 Å². The van der Waals surface area contributed by atoms with Crippen LogP contribution in [0.5, 0.6) is 0 Å². The van der Waals surface area contributed by atoms with E-state index in [1.54, 1.807) is 12.4 Å². The van der Waals surface area contributed by atoms with Crippen molar-refractivity contribution in [2.24, 2.45) is 5.92 Å². The Morgan fingerprint density at radius 2 is 1.44 bits per heavy atom. The predicted octanol–water partition coefficient (Wildman–Crippen LogP) is 5.63. The van der Waals surface area contributed by atoms with Gasteiger partial charge in [0, 0.05) is 29.7 Å². The molecule has 0 fully saturated rings. The summed E-state index contributed by atoms with van der Waals surface area (Å²) in [5.74, 6) is 2.96. The summed E-state index contributed by atoms with van der Waals surface area (Å²) in [7, 11) is 0. The third-order valence-electron chi connectivity index (χ3n) is 6.09. The van der Waals surface area contributed by atoms with Crippen molar-refractivity contribution >= 4 is 23.0 Å². The summed E-state index contributed by atoms with van der Waals surface area (Å²) >= 11 is 0. The zero-order valence-electron chi connectivity index (χ0n) is 15.8. The van der Waals surface area contributed by atoms with E-state index in [4.69, 9.17) is 9.97 Å². The second kappa shape index (κ2) is 6.38. The first-order valence-electron chi connectivity index (χ1n) is 9.88. The van der Waals surface area contributed by atoms with Gasteiger partial charge in [0.15, 0.2) is 11.6 Å². The number of para-hydroxylation sites is 2. The molecule has 0 saturated carbocycles. The summed E-state index contributed by atoms with van der Waals surface area (Å²) in [5, 5.41) is 0. The molecule has 0 saturated heterocycles. The molecule has 1 aromatic heterocycles. The largest absolute Gasteiger partial charge is 0.302 e. The normalized spacial score (nSPS) is 23.0. The molecule has 0 radical (unpaired) electrons. The van der Waals surface area contributed by atoms with Crippen LogP contribution in [0.25, 0.3) is 0 Å². The molecule has 0 amide bonds. The minimum absolute atomic E-state index is 0.203. The number of hydrogen-bond donors (Lipinski definition) is 0. The molecule has 2 aliphatic rings. The molecule has 27 heavy (non-hydrogen) atoms. The third kappa shape index (κ3) is 2.29. The molecule has 0 aliphatic carbocycles. The van der Waals surface area contributed by atoms with Gasteiger partial charge < -0.3 is 9.80 Å². The van der Waals surface area contributed by atoms with Gasteiger partial charge in [0.05, 0.1) is 0 Å². The van der Waals surface area contributed by atoms with E-state index in [1.165, 1.54) is 16.9 Å². The summed E-state index contributed by atoms with van der Waals surface area (Å²) in [4.78, 5) is 14.3. The van der Waals surface area contributed by atoms with Gasteiger partial charge in [0.25, 0.3) is 0 Å². The highest BCUT2D eigenvalue weighted by molar-refractivity contribution is 5.85. The smallest absolute Gasteiger partial charge is 0.178 e. The lowest BCUT2D eigenvalue weighted by molar-refractivity contribution is 0.322. The van der Waals surface area contributed by atoms with E-state index < -0.39 is 0 Å². The van der Waals surface area contributed by atoms with Gasteiger partial charge in [-0.05, 0) is 42.5 Å². The predicted molar refractivity (Wildman–Crippen MR) is 110 cm³/mol. The van der Waals surface area contributed by atoms with Crippen LogP contribution in [-0.4, -0.2) is 16.1 Å². The quantitative estimate of drug-likeness (QED) is 0.609. The van der Waals surface area contributed by atoms with E-state index in [9.17, 15) is 0 Å². The number of aromatic nitrogens is 2. The van der Waals surface area contributed by atoms with Crippen molar-refractivity contribution in [2.75, 3.05) is 9.80 Å². The van der Waals surface area contributed by atoms with Gasteiger partial charge >= 0.3 is 0 Å². The average Bonchev–Trinajstić information content (AvgIpc) is 3.08. The van der Waals surface area contributed by atoms with Crippen LogP contribution in [0.2, 0.25) is 0 Å². The Hall–Kier alpha value is -2.88. The zero-order valence-corrected chi connectivity index (χ0v) is 15.8. The summed E-state index contributed by atoms with van der Waals surface area (Å²) < 4.78 is 0. The number of anilines is 4. The maximum atomic E-state index is 4.76. The third-order valence-corrected chi connectivity index (χ3v) is 6.09. The number of fused-ring (bicyclic) bond motifs is 5. The Morgan fingerprint density at radius 3 is 2.15 bits per heavy atom.